The minimum absolute atomic E-state index is 0.369. The highest BCUT2D eigenvalue weighted by Crippen LogP contribution is 1.89. The van der Waals surface area contributed by atoms with Crippen molar-refractivity contribution in [2.75, 3.05) is 0 Å². The Morgan fingerprint density at radius 3 is 2.88 bits per heavy atom. The van der Waals surface area contributed by atoms with E-state index in [1.807, 2.05) is 6.92 Å². The van der Waals surface area contributed by atoms with Gasteiger partial charge in [0.25, 0.3) is 0 Å². The summed E-state index contributed by atoms with van der Waals surface area (Å²) >= 11 is 0. The van der Waals surface area contributed by atoms with Crippen molar-refractivity contribution in [3.63, 3.8) is 0 Å². The van der Waals surface area contributed by atoms with Crippen LogP contribution in [-0.4, -0.2) is 11.2 Å². The first kappa shape index (κ1) is 7.26. The lowest BCUT2D eigenvalue weighted by Gasteiger charge is -1.94. The maximum absolute atomic E-state index is 8.81. The SMILES string of the molecule is C#C/C=C/C(O)CC. The molecule has 0 aliphatic heterocycles. The predicted molar refractivity (Wildman–Crippen MR) is 34.3 cm³/mol. The van der Waals surface area contributed by atoms with Crippen LogP contribution in [0.25, 0.3) is 0 Å². The summed E-state index contributed by atoms with van der Waals surface area (Å²) in [7, 11) is 0. The molecule has 1 unspecified atom stereocenters. The molecule has 0 amide bonds. The lowest BCUT2D eigenvalue weighted by atomic mass is 10.2. The molecule has 1 atom stereocenters. The third-order valence-electron chi connectivity index (χ3n) is 0.833. The molecule has 0 radical (unpaired) electrons. The Morgan fingerprint density at radius 1 is 1.88 bits per heavy atom. The molecule has 0 fully saturated rings. The van der Waals surface area contributed by atoms with Gasteiger partial charge in [-0.3, -0.25) is 0 Å². The average molecular weight is 110 g/mol. The Balaban J connectivity index is 3.40. The van der Waals surface area contributed by atoms with Crippen LogP contribution in [0.5, 0.6) is 0 Å². The van der Waals surface area contributed by atoms with Gasteiger partial charge < -0.3 is 5.11 Å². The summed E-state index contributed by atoms with van der Waals surface area (Å²) in [4.78, 5) is 0. The molecule has 0 rings (SSSR count). The van der Waals surface area contributed by atoms with Crippen LogP contribution in [0.4, 0.5) is 0 Å². The van der Waals surface area contributed by atoms with Crippen LogP contribution in [0.15, 0.2) is 12.2 Å². The second-order valence-corrected chi connectivity index (χ2v) is 1.50. The summed E-state index contributed by atoms with van der Waals surface area (Å²) in [5.74, 6) is 2.29. The molecule has 8 heavy (non-hydrogen) atoms. The van der Waals surface area contributed by atoms with Gasteiger partial charge in [-0.05, 0) is 18.6 Å². The topological polar surface area (TPSA) is 20.2 Å². The fraction of sp³-hybridized carbons (Fsp3) is 0.429. The Morgan fingerprint density at radius 2 is 2.50 bits per heavy atom. The van der Waals surface area contributed by atoms with Gasteiger partial charge in [0.15, 0.2) is 0 Å². The fourth-order valence-electron chi connectivity index (χ4n) is 0.303. The average Bonchev–Trinajstić information content (AvgIpc) is 1.83. The highest BCUT2D eigenvalue weighted by Gasteiger charge is 1.88. The largest absolute Gasteiger partial charge is 0.389 e. The van der Waals surface area contributed by atoms with Crippen molar-refractivity contribution in [2.24, 2.45) is 0 Å². The quantitative estimate of drug-likeness (QED) is 0.525. The number of aliphatic hydroxyl groups is 1. The van der Waals surface area contributed by atoms with Gasteiger partial charge in [-0.2, -0.15) is 0 Å². The van der Waals surface area contributed by atoms with Crippen molar-refractivity contribution in [1.82, 2.24) is 0 Å². The van der Waals surface area contributed by atoms with E-state index >= 15 is 0 Å². The highest BCUT2D eigenvalue weighted by molar-refractivity contribution is 5.10. The molecule has 1 N–H and O–H groups in total. The van der Waals surface area contributed by atoms with Crippen LogP contribution in [0.3, 0.4) is 0 Å². The van der Waals surface area contributed by atoms with Gasteiger partial charge in [0, 0.05) is 0 Å². The van der Waals surface area contributed by atoms with E-state index in [4.69, 9.17) is 11.5 Å². The normalized spacial score (nSPS) is 13.6. The lowest BCUT2D eigenvalue weighted by Crippen LogP contribution is -1.97. The van der Waals surface area contributed by atoms with E-state index in [0.29, 0.717) is 0 Å². The summed E-state index contributed by atoms with van der Waals surface area (Å²) in [6, 6.07) is 0. The van der Waals surface area contributed by atoms with Crippen LogP contribution in [0.2, 0.25) is 0 Å². The summed E-state index contributed by atoms with van der Waals surface area (Å²) in [5.41, 5.74) is 0. The zero-order chi connectivity index (χ0) is 6.41. The molecule has 0 heterocycles. The second kappa shape index (κ2) is 4.42. The minimum Gasteiger partial charge on any atom is -0.389 e. The molecular weight excluding hydrogens is 100 g/mol. The number of aliphatic hydroxyl groups excluding tert-OH is 1. The van der Waals surface area contributed by atoms with Gasteiger partial charge in [-0.15, -0.1) is 6.42 Å². The van der Waals surface area contributed by atoms with Gasteiger partial charge in [-0.25, -0.2) is 0 Å². The molecule has 0 saturated heterocycles. The Bertz CT molecular complexity index is 108. The summed E-state index contributed by atoms with van der Waals surface area (Å²) < 4.78 is 0. The first-order chi connectivity index (χ1) is 3.81. The number of terminal acetylenes is 1. The monoisotopic (exact) mass is 110 g/mol. The maximum Gasteiger partial charge on any atom is 0.0727 e. The molecule has 0 aromatic carbocycles. The molecule has 44 valence electrons. The summed E-state index contributed by atoms with van der Waals surface area (Å²) in [5, 5.41) is 8.81. The predicted octanol–water partition coefficient (Wildman–Crippen LogP) is 0.947. The van der Waals surface area contributed by atoms with E-state index in [1.54, 1.807) is 6.08 Å². The molecule has 0 aromatic rings. The molecule has 0 aromatic heterocycles. The molecular formula is C7H10O. The van der Waals surface area contributed by atoms with E-state index in [0.717, 1.165) is 6.42 Å². The van der Waals surface area contributed by atoms with Crippen LogP contribution >= 0.6 is 0 Å². The molecule has 0 bridgehead atoms. The molecule has 0 aliphatic rings. The van der Waals surface area contributed by atoms with Crippen LogP contribution in [0.1, 0.15) is 13.3 Å². The van der Waals surface area contributed by atoms with Gasteiger partial charge in [0.1, 0.15) is 0 Å². The van der Waals surface area contributed by atoms with Gasteiger partial charge >= 0.3 is 0 Å². The Labute approximate surface area is 50.0 Å². The van der Waals surface area contributed by atoms with Gasteiger partial charge in [0.05, 0.1) is 6.10 Å². The van der Waals surface area contributed by atoms with Gasteiger partial charge in [-0.1, -0.05) is 12.8 Å². The van der Waals surface area contributed by atoms with E-state index in [1.165, 1.54) is 6.08 Å². The van der Waals surface area contributed by atoms with Crippen LogP contribution in [-0.2, 0) is 0 Å². The van der Waals surface area contributed by atoms with Crippen LogP contribution in [0, 0.1) is 12.3 Å². The van der Waals surface area contributed by atoms with Crippen molar-refractivity contribution in [3.8, 4) is 12.3 Å². The van der Waals surface area contributed by atoms with E-state index < -0.39 is 0 Å². The fourth-order valence-corrected chi connectivity index (χ4v) is 0.303. The Kier molecular flexibility index (Phi) is 4.01. The molecule has 1 nitrogen and oxygen atoms in total. The number of hydrogen-bond acceptors (Lipinski definition) is 1. The molecule has 0 spiro atoms. The third kappa shape index (κ3) is 3.45. The molecule has 1 heteroatoms. The first-order valence-corrected chi connectivity index (χ1v) is 2.62. The molecule has 0 saturated carbocycles. The number of allylic oxidation sites excluding steroid dienone is 1. The van der Waals surface area contributed by atoms with E-state index in [2.05, 4.69) is 5.92 Å². The first-order valence-electron chi connectivity index (χ1n) is 2.62. The number of hydrogen-bond donors (Lipinski definition) is 1. The summed E-state index contributed by atoms with van der Waals surface area (Å²) in [6.45, 7) is 1.89. The van der Waals surface area contributed by atoms with Crippen molar-refractivity contribution in [3.05, 3.63) is 12.2 Å². The maximum atomic E-state index is 8.81. The van der Waals surface area contributed by atoms with E-state index in [-0.39, 0.29) is 6.10 Å². The third-order valence-corrected chi connectivity index (χ3v) is 0.833. The standard InChI is InChI=1S/C7H10O/c1-3-5-6-7(8)4-2/h1,5-8H,4H2,2H3/b6-5+. The minimum atomic E-state index is -0.369. The Hall–Kier alpha value is -0.740. The highest BCUT2D eigenvalue weighted by atomic mass is 16.3. The van der Waals surface area contributed by atoms with E-state index in [9.17, 15) is 0 Å². The van der Waals surface area contributed by atoms with Crippen molar-refractivity contribution >= 4 is 0 Å². The smallest absolute Gasteiger partial charge is 0.0727 e. The summed E-state index contributed by atoms with van der Waals surface area (Å²) in [6.07, 6.45) is 8.34. The van der Waals surface area contributed by atoms with Crippen molar-refractivity contribution < 1.29 is 5.11 Å². The molecule has 0 aliphatic carbocycles. The van der Waals surface area contributed by atoms with Crippen molar-refractivity contribution in [2.45, 2.75) is 19.4 Å². The van der Waals surface area contributed by atoms with Gasteiger partial charge in [0.2, 0.25) is 0 Å². The second-order valence-electron chi connectivity index (χ2n) is 1.50. The van der Waals surface area contributed by atoms with Crippen LogP contribution < -0.4 is 0 Å². The zero-order valence-electron chi connectivity index (χ0n) is 4.96. The van der Waals surface area contributed by atoms with Crippen molar-refractivity contribution in [1.29, 1.82) is 0 Å². The lowest BCUT2D eigenvalue weighted by molar-refractivity contribution is 0.219. The number of rotatable bonds is 2. The zero-order valence-corrected chi connectivity index (χ0v) is 4.96.